The van der Waals surface area contributed by atoms with E-state index in [-0.39, 0.29) is 4.88 Å². The number of carboxylic acids is 1. The Morgan fingerprint density at radius 1 is 1.32 bits per heavy atom. The summed E-state index contributed by atoms with van der Waals surface area (Å²) in [4.78, 5) is 19.8. The van der Waals surface area contributed by atoms with Crippen molar-refractivity contribution in [3.05, 3.63) is 34.7 Å². The lowest BCUT2D eigenvalue weighted by atomic mass is 10.2. The smallest absolute Gasteiger partial charge is 0.347 e. The van der Waals surface area contributed by atoms with E-state index >= 15 is 0 Å². The second-order valence-corrected chi connectivity index (χ2v) is 5.15. The molecule has 0 saturated carbocycles. The number of thiazole rings is 1. The maximum absolute atomic E-state index is 11.0. The molecule has 0 saturated heterocycles. The molecule has 1 aromatic carbocycles. The quantitative estimate of drug-likeness (QED) is 0.776. The molecule has 0 spiro atoms. The summed E-state index contributed by atoms with van der Waals surface area (Å²) in [5, 5.41) is 9.72. The molecule has 0 unspecified atom stereocenters. The normalized spacial score (nSPS) is 11.1. The van der Waals surface area contributed by atoms with Gasteiger partial charge in [0, 0.05) is 12.5 Å². The number of hydrogen-bond donors (Lipinski definition) is 1. The number of rotatable bonds is 2. The summed E-state index contributed by atoms with van der Waals surface area (Å²) in [6, 6.07) is 5.54. The van der Waals surface area contributed by atoms with E-state index in [1.807, 2.05) is 18.2 Å². The van der Waals surface area contributed by atoms with Gasteiger partial charge >= 0.3 is 5.97 Å². The van der Waals surface area contributed by atoms with E-state index in [1.54, 1.807) is 13.8 Å². The molecule has 19 heavy (non-hydrogen) atoms. The average Bonchev–Trinajstić information content (AvgIpc) is 2.89. The summed E-state index contributed by atoms with van der Waals surface area (Å²) < 4.78 is 5.40. The van der Waals surface area contributed by atoms with Gasteiger partial charge in [0.2, 0.25) is 0 Å². The molecule has 5 nitrogen and oxygen atoms in total. The highest BCUT2D eigenvalue weighted by atomic mass is 32.1. The fraction of sp³-hybridized carbons (Fsp3) is 0.154. The second-order valence-electron chi connectivity index (χ2n) is 4.15. The first-order valence-corrected chi connectivity index (χ1v) is 6.44. The fourth-order valence-corrected chi connectivity index (χ4v) is 2.80. The number of aromatic nitrogens is 2. The Balaban J connectivity index is 2.13. The van der Waals surface area contributed by atoms with Gasteiger partial charge in [-0.3, -0.25) is 0 Å². The third-order valence-electron chi connectivity index (χ3n) is 2.73. The highest BCUT2D eigenvalue weighted by Crippen LogP contribution is 2.30. The van der Waals surface area contributed by atoms with E-state index < -0.39 is 5.97 Å². The van der Waals surface area contributed by atoms with Crippen molar-refractivity contribution in [1.82, 2.24) is 9.97 Å². The lowest BCUT2D eigenvalue weighted by Gasteiger charge is -1.94. The number of carboxylic acid groups (broad SMARTS) is 1. The van der Waals surface area contributed by atoms with E-state index in [1.165, 1.54) is 11.3 Å². The number of aromatic carboxylic acids is 1. The van der Waals surface area contributed by atoms with E-state index in [9.17, 15) is 4.79 Å². The standard InChI is InChI=1S/C13H10N2O3S/c1-6-11(13(16)17)19-12(14-6)8-3-4-10-9(5-8)15-7(2)18-10/h3-5H,1-2H3,(H,16,17). The van der Waals surface area contributed by atoms with Gasteiger partial charge in [0.15, 0.2) is 11.5 Å². The number of hydrogen-bond acceptors (Lipinski definition) is 5. The maximum Gasteiger partial charge on any atom is 0.347 e. The van der Waals surface area contributed by atoms with Crippen LogP contribution in [0.15, 0.2) is 22.6 Å². The van der Waals surface area contributed by atoms with Gasteiger partial charge in [0.1, 0.15) is 15.4 Å². The summed E-state index contributed by atoms with van der Waals surface area (Å²) in [6.45, 7) is 3.48. The highest BCUT2D eigenvalue weighted by Gasteiger charge is 2.15. The van der Waals surface area contributed by atoms with E-state index in [2.05, 4.69) is 9.97 Å². The van der Waals surface area contributed by atoms with Crippen LogP contribution in [0.4, 0.5) is 0 Å². The Hall–Kier alpha value is -2.21. The minimum Gasteiger partial charge on any atom is -0.477 e. The minimum absolute atomic E-state index is 0.270. The summed E-state index contributed by atoms with van der Waals surface area (Å²) in [5.74, 6) is -0.340. The van der Waals surface area contributed by atoms with Crippen LogP contribution in [-0.4, -0.2) is 21.0 Å². The first kappa shape index (κ1) is 11.9. The lowest BCUT2D eigenvalue weighted by Crippen LogP contribution is -1.94. The SMILES string of the molecule is Cc1nc2cc(-c3nc(C)c(C(=O)O)s3)ccc2o1. The van der Waals surface area contributed by atoms with Gasteiger partial charge in [-0.15, -0.1) is 11.3 Å². The van der Waals surface area contributed by atoms with Crippen molar-refractivity contribution in [1.29, 1.82) is 0 Å². The van der Waals surface area contributed by atoms with Crippen molar-refractivity contribution in [3.8, 4) is 10.6 Å². The molecule has 0 radical (unpaired) electrons. The van der Waals surface area contributed by atoms with Crippen molar-refractivity contribution in [2.45, 2.75) is 13.8 Å². The number of carbonyl (C=O) groups is 1. The third-order valence-corrected chi connectivity index (χ3v) is 3.93. The zero-order chi connectivity index (χ0) is 13.6. The van der Waals surface area contributed by atoms with Crippen LogP contribution in [0, 0.1) is 13.8 Å². The molecule has 0 amide bonds. The van der Waals surface area contributed by atoms with Gasteiger partial charge in [-0.2, -0.15) is 0 Å². The van der Waals surface area contributed by atoms with Crippen LogP contribution in [0.3, 0.4) is 0 Å². The molecule has 0 aliphatic heterocycles. The molecule has 2 heterocycles. The van der Waals surface area contributed by atoms with Gasteiger partial charge < -0.3 is 9.52 Å². The maximum atomic E-state index is 11.0. The summed E-state index contributed by atoms with van der Waals surface area (Å²) in [5.41, 5.74) is 2.85. The van der Waals surface area contributed by atoms with Crippen molar-refractivity contribution < 1.29 is 14.3 Å². The second kappa shape index (κ2) is 4.17. The lowest BCUT2D eigenvalue weighted by molar-refractivity contribution is 0.0701. The molecule has 3 rings (SSSR count). The summed E-state index contributed by atoms with van der Waals surface area (Å²) in [6.07, 6.45) is 0. The van der Waals surface area contributed by atoms with Gasteiger partial charge in [0.05, 0.1) is 5.69 Å². The predicted molar refractivity (Wildman–Crippen MR) is 71.6 cm³/mol. The van der Waals surface area contributed by atoms with Crippen molar-refractivity contribution >= 4 is 28.4 Å². The van der Waals surface area contributed by atoms with Crippen LogP contribution in [0.5, 0.6) is 0 Å². The molecule has 0 aliphatic rings. The largest absolute Gasteiger partial charge is 0.477 e. The topological polar surface area (TPSA) is 76.2 Å². The van der Waals surface area contributed by atoms with E-state index in [0.717, 1.165) is 11.1 Å². The van der Waals surface area contributed by atoms with Crippen LogP contribution in [0.2, 0.25) is 0 Å². The highest BCUT2D eigenvalue weighted by molar-refractivity contribution is 7.17. The molecule has 0 atom stereocenters. The molecular formula is C13H10N2O3S. The van der Waals surface area contributed by atoms with Crippen molar-refractivity contribution in [2.75, 3.05) is 0 Å². The average molecular weight is 274 g/mol. The third kappa shape index (κ3) is 2.00. The zero-order valence-electron chi connectivity index (χ0n) is 10.3. The van der Waals surface area contributed by atoms with Gasteiger partial charge in [0.25, 0.3) is 0 Å². The zero-order valence-corrected chi connectivity index (χ0v) is 11.1. The number of oxazole rings is 1. The Labute approximate surface area is 112 Å². The van der Waals surface area contributed by atoms with Crippen LogP contribution in [-0.2, 0) is 0 Å². The molecule has 96 valence electrons. The summed E-state index contributed by atoms with van der Waals surface area (Å²) >= 11 is 1.17. The van der Waals surface area contributed by atoms with Gasteiger partial charge in [-0.25, -0.2) is 14.8 Å². The van der Waals surface area contributed by atoms with Crippen LogP contribution in [0.25, 0.3) is 21.7 Å². The first-order valence-electron chi connectivity index (χ1n) is 5.63. The molecule has 0 aliphatic carbocycles. The van der Waals surface area contributed by atoms with Crippen LogP contribution < -0.4 is 0 Å². The van der Waals surface area contributed by atoms with Crippen LogP contribution in [0.1, 0.15) is 21.3 Å². The monoisotopic (exact) mass is 274 g/mol. The minimum atomic E-state index is -0.945. The molecule has 0 fully saturated rings. The Kier molecular flexibility index (Phi) is 2.60. The Morgan fingerprint density at radius 3 is 2.79 bits per heavy atom. The predicted octanol–water partition coefficient (Wildman–Crippen LogP) is 3.27. The first-order chi connectivity index (χ1) is 9.04. The number of benzene rings is 1. The molecule has 6 heteroatoms. The van der Waals surface area contributed by atoms with Crippen molar-refractivity contribution in [3.63, 3.8) is 0 Å². The number of fused-ring (bicyclic) bond motifs is 1. The molecule has 1 N–H and O–H groups in total. The number of aryl methyl sites for hydroxylation is 2. The van der Waals surface area contributed by atoms with Crippen LogP contribution >= 0.6 is 11.3 Å². The van der Waals surface area contributed by atoms with E-state index in [4.69, 9.17) is 9.52 Å². The van der Waals surface area contributed by atoms with Gasteiger partial charge in [-0.05, 0) is 25.1 Å². The molecule has 0 bridgehead atoms. The van der Waals surface area contributed by atoms with E-state index in [0.29, 0.717) is 22.2 Å². The van der Waals surface area contributed by atoms with Crippen molar-refractivity contribution in [2.24, 2.45) is 0 Å². The molecule has 3 aromatic rings. The number of nitrogens with zero attached hydrogens (tertiary/aromatic N) is 2. The Bertz CT molecular complexity index is 788. The fourth-order valence-electron chi connectivity index (χ4n) is 1.89. The molecular weight excluding hydrogens is 264 g/mol. The Morgan fingerprint density at radius 2 is 2.11 bits per heavy atom. The van der Waals surface area contributed by atoms with Gasteiger partial charge in [-0.1, -0.05) is 0 Å². The summed E-state index contributed by atoms with van der Waals surface area (Å²) in [7, 11) is 0. The molecule has 2 aromatic heterocycles.